The van der Waals surface area contributed by atoms with Crippen molar-refractivity contribution < 1.29 is 4.74 Å². The number of hydrogen-bond donors (Lipinski definition) is 0. The first kappa shape index (κ1) is 15.5. The Morgan fingerprint density at radius 1 is 1.30 bits per heavy atom. The molecule has 0 aliphatic heterocycles. The molecule has 23 heavy (non-hydrogen) atoms. The first-order chi connectivity index (χ1) is 11.2. The van der Waals surface area contributed by atoms with E-state index >= 15 is 0 Å². The van der Waals surface area contributed by atoms with Crippen LogP contribution >= 0.6 is 11.3 Å². The summed E-state index contributed by atoms with van der Waals surface area (Å²) >= 11 is 1.56. The molecule has 1 aromatic carbocycles. The molecule has 2 heterocycles. The summed E-state index contributed by atoms with van der Waals surface area (Å²) in [6.07, 6.45) is 2.07. The van der Waals surface area contributed by atoms with Gasteiger partial charge in [-0.1, -0.05) is 37.3 Å². The number of rotatable bonds is 5. The summed E-state index contributed by atoms with van der Waals surface area (Å²) in [6, 6.07) is 9.84. The molecule has 0 saturated carbocycles. The van der Waals surface area contributed by atoms with Crippen LogP contribution < -0.4 is 4.74 Å². The second kappa shape index (κ2) is 6.39. The van der Waals surface area contributed by atoms with E-state index in [1.54, 1.807) is 23.0 Å². The summed E-state index contributed by atoms with van der Waals surface area (Å²) in [6.45, 7) is 4.31. The minimum Gasteiger partial charge on any atom is -0.496 e. The molecule has 118 valence electrons. The molecule has 0 fully saturated rings. The SMILES string of the molecule is CCC(CC)c1nn2c(C#N)c(-c3ccccc3OC)nc2s1. The molecule has 5 nitrogen and oxygen atoms in total. The number of nitrogens with zero attached hydrogens (tertiary/aromatic N) is 4. The predicted octanol–water partition coefficient (Wildman–Crippen LogP) is 4.24. The third kappa shape index (κ3) is 2.57. The molecular weight excluding hydrogens is 308 g/mol. The Morgan fingerprint density at radius 2 is 2.04 bits per heavy atom. The number of methoxy groups -OCH3 is 1. The lowest BCUT2D eigenvalue weighted by atomic mass is 10.1. The normalized spacial score (nSPS) is 11.1. The third-order valence-electron chi connectivity index (χ3n) is 4.02. The van der Waals surface area contributed by atoms with Crippen molar-refractivity contribution in [2.45, 2.75) is 32.6 Å². The lowest BCUT2D eigenvalue weighted by Crippen LogP contribution is -1.98. The van der Waals surface area contributed by atoms with Crippen LogP contribution in [-0.4, -0.2) is 21.7 Å². The zero-order valence-corrected chi connectivity index (χ0v) is 14.2. The molecule has 2 aromatic heterocycles. The van der Waals surface area contributed by atoms with Gasteiger partial charge in [0.15, 0.2) is 5.69 Å². The van der Waals surface area contributed by atoms with E-state index in [9.17, 15) is 5.26 Å². The second-order valence-electron chi connectivity index (χ2n) is 5.27. The molecule has 0 amide bonds. The number of benzene rings is 1. The summed E-state index contributed by atoms with van der Waals surface area (Å²) in [5.74, 6) is 1.12. The predicted molar refractivity (Wildman–Crippen MR) is 90.9 cm³/mol. The minimum atomic E-state index is 0.419. The van der Waals surface area contributed by atoms with Gasteiger partial charge in [0.2, 0.25) is 4.96 Å². The Kier molecular flexibility index (Phi) is 4.30. The molecule has 0 radical (unpaired) electrons. The van der Waals surface area contributed by atoms with E-state index in [-0.39, 0.29) is 0 Å². The van der Waals surface area contributed by atoms with Crippen molar-refractivity contribution in [2.75, 3.05) is 7.11 Å². The van der Waals surface area contributed by atoms with Gasteiger partial charge in [0.25, 0.3) is 0 Å². The van der Waals surface area contributed by atoms with Gasteiger partial charge in [-0.25, -0.2) is 4.98 Å². The highest BCUT2D eigenvalue weighted by Gasteiger charge is 2.22. The van der Waals surface area contributed by atoms with E-state index in [1.165, 1.54) is 0 Å². The van der Waals surface area contributed by atoms with Crippen molar-refractivity contribution in [3.63, 3.8) is 0 Å². The molecule has 0 aliphatic carbocycles. The molecule has 0 spiro atoms. The van der Waals surface area contributed by atoms with E-state index in [1.807, 2.05) is 24.3 Å². The molecule has 0 atom stereocenters. The van der Waals surface area contributed by atoms with Crippen molar-refractivity contribution >= 4 is 16.3 Å². The first-order valence-electron chi connectivity index (χ1n) is 7.66. The number of aromatic nitrogens is 3. The van der Waals surface area contributed by atoms with Gasteiger partial charge in [-0.3, -0.25) is 0 Å². The molecule has 3 aromatic rings. The maximum atomic E-state index is 9.61. The maximum absolute atomic E-state index is 9.61. The largest absolute Gasteiger partial charge is 0.496 e. The monoisotopic (exact) mass is 326 g/mol. The van der Waals surface area contributed by atoms with Gasteiger partial charge < -0.3 is 4.74 Å². The van der Waals surface area contributed by atoms with Crippen molar-refractivity contribution in [1.82, 2.24) is 14.6 Å². The molecule has 0 unspecified atom stereocenters. The molecular formula is C17H18N4OS. The summed E-state index contributed by atoms with van der Waals surface area (Å²) in [4.78, 5) is 5.40. The van der Waals surface area contributed by atoms with Crippen LogP contribution in [0.25, 0.3) is 16.2 Å². The van der Waals surface area contributed by atoms with Crippen molar-refractivity contribution in [3.8, 4) is 23.1 Å². The maximum Gasteiger partial charge on any atom is 0.214 e. The topological polar surface area (TPSA) is 63.2 Å². The summed E-state index contributed by atoms with van der Waals surface area (Å²) in [5.41, 5.74) is 1.89. The highest BCUT2D eigenvalue weighted by atomic mass is 32.1. The van der Waals surface area contributed by atoms with Crippen LogP contribution in [0.4, 0.5) is 0 Å². The zero-order valence-electron chi connectivity index (χ0n) is 13.4. The highest BCUT2D eigenvalue weighted by molar-refractivity contribution is 7.16. The Balaban J connectivity index is 2.17. The van der Waals surface area contributed by atoms with Crippen molar-refractivity contribution in [2.24, 2.45) is 0 Å². The molecule has 0 aliphatic rings. The molecule has 0 N–H and O–H groups in total. The van der Waals surface area contributed by atoms with Gasteiger partial charge in [-0.2, -0.15) is 14.9 Å². The fourth-order valence-corrected chi connectivity index (χ4v) is 3.86. The summed E-state index contributed by atoms with van der Waals surface area (Å²) in [5, 5.41) is 15.3. The van der Waals surface area contributed by atoms with Crippen molar-refractivity contribution in [3.05, 3.63) is 35.0 Å². The van der Waals surface area contributed by atoms with Gasteiger partial charge in [0.05, 0.1) is 7.11 Å². The van der Waals surface area contributed by atoms with E-state index in [4.69, 9.17) is 4.74 Å². The fraction of sp³-hybridized carbons (Fsp3) is 0.353. The Labute approximate surface area is 139 Å². The highest BCUT2D eigenvalue weighted by Crippen LogP contribution is 2.34. The minimum absolute atomic E-state index is 0.419. The standard InChI is InChI=1S/C17H18N4OS/c1-4-11(5-2)16-20-21-13(10-18)15(19-17(21)23-16)12-8-6-7-9-14(12)22-3/h6-9,11H,4-5H2,1-3H3. The van der Waals surface area contributed by atoms with Gasteiger partial charge in [0.1, 0.15) is 22.5 Å². The molecule has 0 saturated heterocycles. The van der Waals surface area contributed by atoms with Crippen LogP contribution in [0.15, 0.2) is 24.3 Å². The van der Waals surface area contributed by atoms with Crippen LogP contribution in [0.2, 0.25) is 0 Å². The Bertz CT molecular complexity index is 870. The first-order valence-corrected chi connectivity index (χ1v) is 8.48. The number of fused-ring (bicyclic) bond motifs is 1. The summed E-state index contributed by atoms with van der Waals surface area (Å²) < 4.78 is 7.06. The van der Waals surface area contributed by atoms with E-state index < -0.39 is 0 Å². The molecule has 0 bridgehead atoms. The van der Waals surface area contributed by atoms with Crippen molar-refractivity contribution in [1.29, 1.82) is 5.26 Å². The number of imidazole rings is 1. The zero-order chi connectivity index (χ0) is 16.4. The average molecular weight is 326 g/mol. The number of para-hydroxylation sites is 1. The van der Waals surface area contributed by atoms with Gasteiger partial charge in [-0.05, 0) is 25.0 Å². The van der Waals surface area contributed by atoms with Crippen LogP contribution in [0.5, 0.6) is 5.75 Å². The number of hydrogen-bond acceptors (Lipinski definition) is 5. The van der Waals surface area contributed by atoms with Crippen LogP contribution in [0.1, 0.15) is 43.3 Å². The number of ether oxygens (including phenoxy) is 1. The molecule has 6 heteroatoms. The third-order valence-corrected chi connectivity index (χ3v) is 5.09. The van der Waals surface area contributed by atoms with E-state index in [2.05, 4.69) is 30.0 Å². The second-order valence-corrected chi connectivity index (χ2v) is 6.26. The number of nitriles is 1. The fourth-order valence-electron chi connectivity index (χ4n) is 2.69. The molecule has 3 rings (SSSR count). The Hall–Kier alpha value is -2.39. The van der Waals surface area contributed by atoms with E-state index in [0.717, 1.165) is 28.4 Å². The summed E-state index contributed by atoms with van der Waals surface area (Å²) in [7, 11) is 1.62. The smallest absolute Gasteiger partial charge is 0.214 e. The van der Waals surface area contributed by atoms with Gasteiger partial charge >= 0.3 is 0 Å². The van der Waals surface area contributed by atoms with Gasteiger partial charge in [0, 0.05) is 11.5 Å². The average Bonchev–Trinajstić information content (AvgIpc) is 3.13. The van der Waals surface area contributed by atoms with Crippen LogP contribution in [0, 0.1) is 11.3 Å². The lowest BCUT2D eigenvalue weighted by Gasteiger charge is -2.07. The van der Waals surface area contributed by atoms with Crippen LogP contribution in [-0.2, 0) is 0 Å². The van der Waals surface area contributed by atoms with E-state index in [0.29, 0.717) is 23.1 Å². The lowest BCUT2D eigenvalue weighted by molar-refractivity contribution is 0.416. The van der Waals surface area contributed by atoms with Gasteiger partial charge in [-0.15, -0.1) is 0 Å². The van der Waals surface area contributed by atoms with Crippen LogP contribution in [0.3, 0.4) is 0 Å². The Morgan fingerprint density at radius 3 is 2.70 bits per heavy atom. The quantitative estimate of drug-likeness (QED) is 0.703.